The number of nitrogens with one attached hydrogen (secondary N) is 1. The van der Waals surface area contributed by atoms with Crippen molar-refractivity contribution in [3.8, 4) is 5.82 Å². The van der Waals surface area contributed by atoms with Crippen molar-refractivity contribution < 1.29 is 9.90 Å². The molecule has 2 N–H and O–H groups in total. The third-order valence-corrected chi connectivity index (χ3v) is 6.88. The zero-order chi connectivity index (χ0) is 19.7. The zero-order valence-corrected chi connectivity index (χ0v) is 16.8. The van der Waals surface area contributed by atoms with E-state index in [2.05, 4.69) is 36.3 Å². The van der Waals surface area contributed by atoms with E-state index >= 15 is 0 Å². The summed E-state index contributed by atoms with van der Waals surface area (Å²) in [6.07, 6.45) is 10.0. The van der Waals surface area contributed by atoms with E-state index in [1.54, 1.807) is 17.1 Å². The highest BCUT2D eigenvalue weighted by Crippen LogP contribution is 2.55. The SMILES string of the molecule is CC(C)(C)n1ncc(C(=O)N[C@H]2C3CC4CC2C[C@](O)(C4)C3)c1-n1cccn1. The third kappa shape index (κ3) is 2.79. The van der Waals surface area contributed by atoms with E-state index in [0.29, 0.717) is 29.1 Å². The number of amides is 1. The molecule has 2 unspecified atom stereocenters. The molecule has 4 aliphatic rings. The maximum atomic E-state index is 13.3. The van der Waals surface area contributed by atoms with Gasteiger partial charge in [0, 0.05) is 18.4 Å². The van der Waals surface area contributed by atoms with E-state index in [0.717, 1.165) is 32.1 Å². The molecule has 2 heterocycles. The lowest BCUT2D eigenvalue weighted by Crippen LogP contribution is -2.61. The molecule has 0 radical (unpaired) electrons. The molecule has 4 fully saturated rings. The topological polar surface area (TPSA) is 85.0 Å². The summed E-state index contributed by atoms with van der Waals surface area (Å²) < 4.78 is 3.57. The van der Waals surface area contributed by atoms with Gasteiger partial charge in [-0.1, -0.05) is 0 Å². The van der Waals surface area contributed by atoms with Crippen LogP contribution in [0, 0.1) is 17.8 Å². The summed E-state index contributed by atoms with van der Waals surface area (Å²) in [6, 6.07) is 1.99. The zero-order valence-electron chi connectivity index (χ0n) is 16.8. The smallest absolute Gasteiger partial charge is 0.256 e. The molecule has 150 valence electrons. The normalized spacial score (nSPS) is 34.0. The Kier molecular flexibility index (Phi) is 3.79. The highest BCUT2D eigenvalue weighted by Gasteiger charge is 2.55. The molecule has 1 amide bonds. The minimum atomic E-state index is -0.491. The molecule has 4 bridgehead atoms. The monoisotopic (exact) mass is 383 g/mol. The van der Waals surface area contributed by atoms with Crippen molar-refractivity contribution >= 4 is 5.91 Å². The van der Waals surface area contributed by atoms with Gasteiger partial charge < -0.3 is 10.4 Å². The molecule has 0 aliphatic heterocycles. The Labute approximate surface area is 165 Å². The number of carbonyl (C=O) groups is 1. The molecule has 2 aromatic rings. The van der Waals surface area contributed by atoms with Crippen molar-refractivity contribution in [1.82, 2.24) is 24.9 Å². The second kappa shape index (κ2) is 5.92. The van der Waals surface area contributed by atoms with Gasteiger partial charge in [0.05, 0.1) is 17.3 Å². The molecule has 7 heteroatoms. The molecule has 2 atom stereocenters. The number of rotatable bonds is 3. The minimum Gasteiger partial charge on any atom is -0.390 e. The van der Waals surface area contributed by atoms with Crippen LogP contribution in [0.1, 0.15) is 63.2 Å². The predicted octanol–water partition coefficient (Wildman–Crippen LogP) is 2.49. The fourth-order valence-electron chi connectivity index (χ4n) is 6.05. The fourth-order valence-corrected chi connectivity index (χ4v) is 6.05. The highest BCUT2D eigenvalue weighted by atomic mass is 16.3. The Morgan fingerprint density at radius 3 is 2.50 bits per heavy atom. The van der Waals surface area contributed by atoms with Crippen molar-refractivity contribution in [2.24, 2.45) is 17.8 Å². The molecule has 0 spiro atoms. The largest absolute Gasteiger partial charge is 0.390 e. The number of carbonyl (C=O) groups excluding carboxylic acids is 1. The fraction of sp³-hybridized carbons (Fsp3) is 0.667. The Hall–Kier alpha value is -2.15. The first-order valence-corrected chi connectivity index (χ1v) is 10.4. The highest BCUT2D eigenvalue weighted by molar-refractivity contribution is 5.97. The average molecular weight is 383 g/mol. The van der Waals surface area contributed by atoms with Crippen LogP contribution in [0.4, 0.5) is 0 Å². The van der Waals surface area contributed by atoms with Gasteiger partial charge in [-0.05, 0) is 76.7 Å². The van der Waals surface area contributed by atoms with Crippen LogP contribution in [0.15, 0.2) is 24.7 Å². The first-order valence-electron chi connectivity index (χ1n) is 10.4. The minimum absolute atomic E-state index is 0.0922. The van der Waals surface area contributed by atoms with Crippen LogP contribution < -0.4 is 5.32 Å². The van der Waals surface area contributed by atoms with Crippen molar-refractivity contribution in [3.63, 3.8) is 0 Å². The maximum Gasteiger partial charge on any atom is 0.256 e. The molecule has 4 saturated carbocycles. The number of aliphatic hydroxyl groups is 1. The van der Waals surface area contributed by atoms with Gasteiger partial charge in [0.15, 0.2) is 5.82 Å². The summed E-state index contributed by atoms with van der Waals surface area (Å²) in [7, 11) is 0. The van der Waals surface area contributed by atoms with E-state index in [-0.39, 0.29) is 17.5 Å². The molecule has 4 aliphatic carbocycles. The summed E-state index contributed by atoms with van der Waals surface area (Å²) in [6.45, 7) is 6.19. The first-order chi connectivity index (χ1) is 13.2. The van der Waals surface area contributed by atoms with Gasteiger partial charge in [0.25, 0.3) is 5.91 Å². The van der Waals surface area contributed by atoms with Gasteiger partial charge >= 0.3 is 0 Å². The van der Waals surface area contributed by atoms with Crippen molar-refractivity contribution in [2.45, 2.75) is 70.1 Å². The summed E-state index contributed by atoms with van der Waals surface area (Å²) in [5, 5.41) is 23.0. The number of hydrogen-bond acceptors (Lipinski definition) is 4. The van der Waals surface area contributed by atoms with E-state index in [1.807, 2.05) is 16.9 Å². The molecule has 28 heavy (non-hydrogen) atoms. The van der Waals surface area contributed by atoms with Gasteiger partial charge in [-0.25, -0.2) is 9.36 Å². The summed E-state index contributed by atoms with van der Waals surface area (Å²) >= 11 is 0. The molecular weight excluding hydrogens is 354 g/mol. The van der Waals surface area contributed by atoms with Gasteiger partial charge in [-0.2, -0.15) is 10.2 Å². The lowest BCUT2D eigenvalue weighted by atomic mass is 9.52. The second-order valence-electron chi connectivity index (χ2n) is 10.1. The Morgan fingerprint density at radius 1 is 1.21 bits per heavy atom. The average Bonchev–Trinajstić information content (AvgIpc) is 3.24. The predicted molar refractivity (Wildman–Crippen MR) is 104 cm³/mol. The molecule has 2 aromatic heterocycles. The Morgan fingerprint density at radius 2 is 1.93 bits per heavy atom. The number of hydrogen-bond donors (Lipinski definition) is 2. The van der Waals surface area contributed by atoms with Crippen LogP contribution in [0.3, 0.4) is 0 Å². The molecular formula is C21H29N5O2. The van der Waals surface area contributed by atoms with E-state index in [9.17, 15) is 9.90 Å². The first kappa shape index (κ1) is 17.9. The van der Waals surface area contributed by atoms with Crippen LogP contribution in [-0.2, 0) is 5.54 Å². The third-order valence-electron chi connectivity index (χ3n) is 6.88. The Balaban J connectivity index is 1.45. The maximum absolute atomic E-state index is 13.3. The molecule has 0 saturated heterocycles. The van der Waals surface area contributed by atoms with E-state index in [4.69, 9.17) is 0 Å². The molecule has 7 nitrogen and oxygen atoms in total. The van der Waals surface area contributed by atoms with Crippen molar-refractivity contribution in [1.29, 1.82) is 0 Å². The van der Waals surface area contributed by atoms with Gasteiger partial charge in [0.2, 0.25) is 0 Å². The molecule has 6 rings (SSSR count). The van der Waals surface area contributed by atoms with Gasteiger partial charge in [-0.3, -0.25) is 4.79 Å². The van der Waals surface area contributed by atoms with E-state index < -0.39 is 5.60 Å². The quantitative estimate of drug-likeness (QED) is 0.853. The van der Waals surface area contributed by atoms with Crippen LogP contribution in [0.25, 0.3) is 5.82 Å². The van der Waals surface area contributed by atoms with E-state index in [1.165, 1.54) is 0 Å². The molecule has 0 aromatic carbocycles. The van der Waals surface area contributed by atoms with Gasteiger partial charge in [-0.15, -0.1) is 0 Å². The van der Waals surface area contributed by atoms with Crippen LogP contribution in [0.2, 0.25) is 0 Å². The van der Waals surface area contributed by atoms with Crippen molar-refractivity contribution in [3.05, 3.63) is 30.2 Å². The van der Waals surface area contributed by atoms with Crippen LogP contribution in [-0.4, -0.2) is 42.2 Å². The lowest BCUT2D eigenvalue weighted by molar-refractivity contribution is -0.136. The van der Waals surface area contributed by atoms with Crippen LogP contribution >= 0.6 is 0 Å². The van der Waals surface area contributed by atoms with Crippen molar-refractivity contribution in [2.75, 3.05) is 0 Å². The number of nitrogens with zero attached hydrogens (tertiary/aromatic N) is 4. The van der Waals surface area contributed by atoms with Gasteiger partial charge in [0.1, 0.15) is 5.56 Å². The lowest BCUT2D eigenvalue weighted by Gasteiger charge is -2.58. The Bertz CT molecular complexity index is 879. The number of aromatic nitrogens is 4. The summed E-state index contributed by atoms with van der Waals surface area (Å²) in [5.41, 5.74) is -0.216. The standard InChI is InChI=1S/C21H29N5O2/c1-20(2,3)26-19(25-6-4-5-22-25)16(12-23-26)18(27)24-17-14-7-13-8-15(17)11-21(28,9-13)10-14/h4-6,12-15,17,28H,7-11H2,1-3H3,(H,24,27)/t13?,14?,15?,17-,21-. The summed E-state index contributed by atoms with van der Waals surface area (Å²) in [4.78, 5) is 13.3. The summed E-state index contributed by atoms with van der Waals surface area (Å²) in [5.74, 6) is 1.99. The van der Waals surface area contributed by atoms with Crippen LogP contribution in [0.5, 0.6) is 0 Å². The second-order valence-corrected chi connectivity index (χ2v) is 10.1.